The lowest BCUT2D eigenvalue weighted by molar-refractivity contribution is -0.385. The standard InChI is InChI=1S/C20H25FN4O4S/c1-14-4-6-17(13-20(14)25(26)27)30(28,29)22-15(2)18-12-16(21)5-7-19(18)24-10-8-23(3)9-11-24/h4-7,12-13,15,22H,8-11H2,1-3H3. The van der Waals surface area contributed by atoms with Gasteiger partial charge >= 0.3 is 0 Å². The molecule has 0 bridgehead atoms. The Hall–Kier alpha value is -2.56. The van der Waals surface area contributed by atoms with Crippen LogP contribution in [0.15, 0.2) is 41.3 Å². The van der Waals surface area contributed by atoms with E-state index in [4.69, 9.17) is 0 Å². The van der Waals surface area contributed by atoms with Crippen molar-refractivity contribution in [3.63, 3.8) is 0 Å². The maximum absolute atomic E-state index is 14.0. The van der Waals surface area contributed by atoms with E-state index >= 15 is 0 Å². The average Bonchev–Trinajstić information content (AvgIpc) is 2.68. The molecule has 1 atom stereocenters. The van der Waals surface area contributed by atoms with Crippen molar-refractivity contribution in [2.45, 2.75) is 24.8 Å². The molecule has 3 rings (SSSR count). The van der Waals surface area contributed by atoms with Crippen LogP contribution in [0.4, 0.5) is 15.8 Å². The molecule has 0 amide bonds. The van der Waals surface area contributed by atoms with Gasteiger partial charge in [-0.15, -0.1) is 0 Å². The van der Waals surface area contributed by atoms with Gasteiger partial charge in [-0.05, 0) is 50.7 Å². The molecule has 0 radical (unpaired) electrons. The van der Waals surface area contributed by atoms with Crippen molar-refractivity contribution >= 4 is 21.4 Å². The number of rotatable bonds is 6. The fourth-order valence-electron chi connectivity index (χ4n) is 3.52. The molecule has 0 aliphatic carbocycles. The number of halogens is 1. The van der Waals surface area contributed by atoms with Gasteiger partial charge in [0, 0.05) is 49.5 Å². The highest BCUT2D eigenvalue weighted by Crippen LogP contribution is 2.30. The molecular formula is C20H25FN4O4S. The molecule has 1 fully saturated rings. The molecule has 30 heavy (non-hydrogen) atoms. The van der Waals surface area contributed by atoms with E-state index in [1.807, 2.05) is 7.05 Å². The minimum atomic E-state index is -4.05. The van der Waals surface area contributed by atoms with Gasteiger partial charge in [-0.3, -0.25) is 10.1 Å². The zero-order chi connectivity index (χ0) is 22.1. The highest BCUT2D eigenvalue weighted by atomic mass is 32.2. The molecule has 162 valence electrons. The third kappa shape index (κ3) is 4.77. The minimum Gasteiger partial charge on any atom is -0.369 e. The number of hydrogen-bond donors (Lipinski definition) is 1. The topological polar surface area (TPSA) is 95.8 Å². The van der Waals surface area contributed by atoms with Gasteiger partial charge in [0.25, 0.3) is 5.69 Å². The maximum atomic E-state index is 14.0. The molecule has 0 saturated carbocycles. The first-order valence-corrected chi connectivity index (χ1v) is 11.1. The van der Waals surface area contributed by atoms with Gasteiger partial charge in [0.15, 0.2) is 0 Å². The van der Waals surface area contributed by atoms with Crippen LogP contribution in [0.2, 0.25) is 0 Å². The molecular weight excluding hydrogens is 411 g/mol. The van der Waals surface area contributed by atoms with Crippen LogP contribution in [-0.2, 0) is 10.0 Å². The van der Waals surface area contributed by atoms with Crippen LogP contribution >= 0.6 is 0 Å². The van der Waals surface area contributed by atoms with Crippen LogP contribution in [0.25, 0.3) is 0 Å². The van der Waals surface area contributed by atoms with E-state index in [1.165, 1.54) is 24.3 Å². The molecule has 1 N–H and O–H groups in total. The van der Waals surface area contributed by atoms with Crippen LogP contribution < -0.4 is 9.62 Å². The summed E-state index contributed by atoms with van der Waals surface area (Å²) in [6, 6.07) is 7.38. The van der Waals surface area contributed by atoms with Crippen molar-refractivity contribution in [1.82, 2.24) is 9.62 Å². The Labute approximate surface area is 175 Å². The second-order valence-corrected chi connectivity index (χ2v) is 9.26. The Morgan fingerprint density at radius 1 is 1.13 bits per heavy atom. The number of nitrogens with zero attached hydrogens (tertiary/aromatic N) is 3. The fourth-order valence-corrected chi connectivity index (χ4v) is 4.77. The number of benzene rings is 2. The van der Waals surface area contributed by atoms with E-state index < -0.39 is 26.8 Å². The van der Waals surface area contributed by atoms with Gasteiger partial charge in [0.1, 0.15) is 5.82 Å². The molecule has 1 aliphatic rings. The van der Waals surface area contributed by atoms with Crippen LogP contribution in [0.5, 0.6) is 0 Å². The van der Waals surface area contributed by atoms with Crippen molar-refractivity contribution in [1.29, 1.82) is 0 Å². The number of nitro benzene ring substituents is 1. The monoisotopic (exact) mass is 436 g/mol. The molecule has 2 aromatic rings. The van der Waals surface area contributed by atoms with Crippen LogP contribution in [-0.4, -0.2) is 51.5 Å². The molecule has 8 nitrogen and oxygen atoms in total. The number of nitro groups is 1. The first-order chi connectivity index (χ1) is 14.1. The Morgan fingerprint density at radius 2 is 1.80 bits per heavy atom. The number of likely N-dealkylation sites (N-methyl/N-ethyl adjacent to an activating group) is 1. The summed E-state index contributed by atoms with van der Waals surface area (Å²) in [4.78, 5) is 14.6. The number of nitrogens with one attached hydrogen (secondary N) is 1. The quantitative estimate of drug-likeness (QED) is 0.553. The molecule has 0 spiro atoms. The lowest BCUT2D eigenvalue weighted by atomic mass is 10.0. The predicted octanol–water partition coefficient (Wildman–Crippen LogP) is 2.83. The van der Waals surface area contributed by atoms with E-state index in [1.54, 1.807) is 19.9 Å². The summed E-state index contributed by atoms with van der Waals surface area (Å²) in [7, 11) is -2.02. The van der Waals surface area contributed by atoms with Crippen molar-refractivity contribution < 1.29 is 17.7 Å². The average molecular weight is 437 g/mol. The molecule has 1 unspecified atom stereocenters. The summed E-state index contributed by atoms with van der Waals surface area (Å²) < 4.78 is 42.3. The summed E-state index contributed by atoms with van der Waals surface area (Å²) in [6.45, 7) is 6.37. The van der Waals surface area contributed by atoms with Crippen molar-refractivity contribution in [2.75, 3.05) is 38.1 Å². The molecule has 2 aromatic carbocycles. The largest absolute Gasteiger partial charge is 0.369 e. The zero-order valence-electron chi connectivity index (χ0n) is 17.1. The Morgan fingerprint density at radius 3 is 2.43 bits per heavy atom. The SMILES string of the molecule is Cc1ccc(S(=O)(=O)NC(C)c2cc(F)ccc2N2CCN(C)CC2)cc1[N+](=O)[O-]. The predicted molar refractivity (Wildman–Crippen MR) is 113 cm³/mol. The van der Waals surface area contributed by atoms with E-state index in [-0.39, 0.29) is 10.6 Å². The summed E-state index contributed by atoms with van der Waals surface area (Å²) in [5.74, 6) is -0.458. The molecule has 10 heteroatoms. The second kappa shape index (κ2) is 8.66. The smallest absolute Gasteiger partial charge is 0.273 e. The summed E-state index contributed by atoms with van der Waals surface area (Å²) in [5.41, 5.74) is 1.39. The van der Waals surface area contributed by atoms with Crippen LogP contribution in [0.3, 0.4) is 0 Å². The summed E-state index contributed by atoms with van der Waals surface area (Å²) in [6.07, 6.45) is 0. The van der Waals surface area contributed by atoms with Crippen LogP contribution in [0.1, 0.15) is 24.1 Å². The first kappa shape index (κ1) is 22.1. The van der Waals surface area contributed by atoms with E-state index in [2.05, 4.69) is 14.5 Å². The van der Waals surface area contributed by atoms with Crippen molar-refractivity contribution in [3.8, 4) is 0 Å². The van der Waals surface area contributed by atoms with Crippen molar-refractivity contribution in [3.05, 3.63) is 63.5 Å². The number of aryl methyl sites for hydroxylation is 1. The molecule has 0 aromatic heterocycles. The highest BCUT2D eigenvalue weighted by molar-refractivity contribution is 7.89. The normalized spacial score (nSPS) is 16.5. The fraction of sp³-hybridized carbons (Fsp3) is 0.400. The Bertz CT molecular complexity index is 1050. The first-order valence-electron chi connectivity index (χ1n) is 9.59. The maximum Gasteiger partial charge on any atom is 0.273 e. The number of sulfonamides is 1. The Balaban J connectivity index is 1.90. The molecule has 1 saturated heterocycles. The van der Waals surface area contributed by atoms with E-state index in [0.717, 1.165) is 37.9 Å². The minimum absolute atomic E-state index is 0.204. The van der Waals surface area contributed by atoms with Gasteiger partial charge in [-0.1, -0.05) is 6.07 Å². The van der Waals surface area contributed by atoms with Crippen molar-refractivity contribution in [2.24, 2.45) is 0 Å². The number of anilines is 1. The lowest BCUT2D eigenvalue weighted by Crippen LogP contribution is -2.45. The number of piperazine rings is 1. The Kier molecular flexibility index (Phi) is 6.39. The van der Waals surface area contributed by atoms with E-state index in [9.17, 15) is 22.9 Å². The van der Waals surface area contributed by atoms with Gasteiger partial charge in [0.2, 0.25) is 10.0 Å². The van der Waals surface area contributed by atoms with Gasteiger partial charge in [-0.2, -0.15) is 0 Å². The summed E-state index contributed by atoms with van der Waals surface area (Å²) in [5, 5.41) is 11.2. The van der Waals surface area contributed by atoms with Gasteiger partial charge < -0.3 is 9.80 Å². The third-order valence-corrected chi connectivity index (χ3v) is 6.86. The van der Waals surface area contributed by atoms with Gasteiger partial charge in [-0.25, -0.2) is 17.5 Å². The third-order valence-electron chi connectivity index (χ3n) is 5.32. The summed E-state index contributed by atoms with van der Waals surface area (Å²) >= 11 is 0. The lowest BCUT2D eigenvalue weighted by Gasteiger charge is -2.36. The molecule has 1 heterocycles. The van der Waals surface area contributed by atoms with Crippen LogP contribution in [0, 0.1) is 22.9 Å². The second-order valence-electron chi connectivity index (χ2n) is 7.54. The van der Waals surface area contributed by atoms with E-state index in [0.29, 0.717) is 11.1 Å². The number of hydrogen-bond acceptors (Lipinski definition) is 6. The zero-order valence-corrected chi connectivity index (χ0v) is 17.9. The molecule has 1 aliphatic heterocycles. The van der Waals surface area contributed by atoms with Gasteiger partial charge in [0.05, 0.1) is 9.82 Å². The highest BCUT2D eigenvalue weighted by Gasteiger charge is 2.25.